The molecule has 0 bridgehead atoms. The number of para-hydroxylation sites is 2. The monoisotopic (exact) mass is 378 g/mol. The van der Waals surface area contributed by atoms with Gasteiger partial charge in [-0.25, -0.2) is 0 Å². The summed E-state index contributed by atoms with van der Waals surface area (Å²) in [5, 5.41) is 9.27. The number of hydrogen-bond donors (Lipinski definition) is 1. The summed E-state index contributed by atoms with van der Waals surface area (Å²) in [7, 11) is 1.76. The number of anilines is 1. The van der Waals surface area contributed by atoms with E-state index >= 15 is 0 Å². The van der Waals surface area contributed by atoms with Crippen LogP contribution in [0, 0.1) is 0 Å². The van der Waals surface area contributed by atoms with Gasteiger partial charge in [-0.1, -0.05) is 48.2 Å². The lowest BCUT2D eigenvalue weighted by Gasteiger charge is -2.20. The zero-order valence-electron chi connectivity index (χ0n) is 14.9. The summed E-state index contributed by atoms with van der Waals surface area (Å²) in [5.74, 6) is 0.407. The second kappa shape index (κ2) is 7.28. The molecule has 0 aliphatic rings. The lowest BCUT2D eigenvalue weighted by molar-refractivity contribution is -0.117. The van der Waals surface area contributed by atoms with Crippen LogP contribution in [-0.2, 0) is 4.79 Å². The Labute approximate surface area is 160 Å². The van der Waals surface area contributed by atoms with Gasteiger partial charge in [0, 0.05) is 29.8 Å². The first-order chi connectivity index (χ1) is 13.1. The number of benzene rings is 2. The van der Waals surface area contributed by atoms with Gasteiger partial charge in [-0.3, -0.25) is 4.79 Å². The van der Waals surface area contributed by atoms with E-state index in [9.17, 15) is 4.79 Å². The fourth-order valence-corrected chi connectivity index (χ4v) is 3.64. The summed E-state index contributed by atoms with van der Waals surface area (Å²) in [4.78, 5) is 17.5. The van der Waals surface area contributed by atoms with E-state index in [0.29, 0.717) is 11.1 Å². The van der Waals surface area contributed by atoms with Crippen LogP contribution >= 0.6 is 11.8 Å². The number of H-pyrrole nitrogens is 1. The molecular weight excluding hydrogens is 360 g/mol. The molecule has 6 nitrogen and oxygen atoms in total. The molecule has 0 saturated carbocycles. The number of nitrogens with zero attached hydrogens (tertiary/aromatic N) is 3. The number of carbonyl (C=O) groups excluding carboxylic acids is 1. The summed E-state index contributed by atoms with van der Waals surface area (Å²) in [6, 6.07) is 17.5. The molecule has 0 aliphatic heterocycles. The highest BCUT2D eigenvalue weighted by atomic mass is 32.2. The van der Waals surface area contributed by atoms with Gasteiger partial charge in [0.05, 0.1) is 10.8 Å². The summed E-state index contributed by atoms with van der Waals surface area (Å²) in [5.41, 5.74) is 2.71. The van der Waals surface area contributed by atoms with Crippen molar-refractivity contribution in [2.45, 2.75) is 17.4 Å². The fraction of sp³-hybridized carbons (Fsp3) is 0.150. The van der Waals surface area contributed by atoms with Gasteiger partial charge in [0.1, 0.15) is 0 Å². The number of nitrogens with one attached hydrogen (secondary N) is 1. The zero-order valence-corrected chi connectivity index (χ0v) is 15.7. The third-order valence-corrected chi connectivity index (χ3v) is 5.25. The van der Waals surface area contributed by atoms with Crippen molar-refractivity contribution in [1.82, 2.24) is 15.2 Å². The maximum Gasteiger partial charge on any atom is 0.277 e. The van der Waals surface area contributed by atoms with E-state index in [1.54, 1.807) is 11.9 Å². The third-order valence-electron chi connectivity index (χ3n) is 4.33. The molecule has 0 radical (unpaired) electrons. The van der Waals surface area contributed by atoms with Crippen LogP contribution in [0.1, 0.15) is 6.92 Å². The average Bonchev–Trinajstić information content (AvgIpc) is 3.34. The molecule has 0 aliphatic carbocycles. The Morgan fingerprint density at radius 2 is 1.85 bits per heavy atom. The largest absolute Gasteiger partial charge is 0.411 e. The molecule has 4 rings (SSSR count). The van der Waals surface area contributed by atoms with Crippen LogP contribution in [0.15, 0.2) is 70.4 Å². The molecule has 2 aromatic carbocycles. The van der Waals surface area contributed by atoms with E-state index in [2.05, 4.69) is 15.2 Å². The van der Waals surface area contributed by atoms with Crippen LogP contribution in [0.3, 0.4) is 0 Å². The molecule has 4 aromatic rings. The minimum Gasteiger partial charge on any atom is -0.411 e. The van der Waals surface area contributed by atoms with Crippen molar-refractivity contribution in [3.8, 4) is 11.5 Å². The second-order valence-electron chi connectivity index (χ2n) is 6.11. The van der Waals surface area contributed by atoms with Crippen LogP contribution in [0.2, 0.25) is 0 Å². The maximum atomic E-state index is 12.7. The second-order valence-corrected chi connectivity index (χ2v) is 7.41. The van der Waals surface area contributed by atoms with Crippen molar-refractivity contribution in [1.29, 1.82) is 0 Å². The predicted molar refractivity (Wildman–Crippen MR) is 107 cm³/mol. The van der Waals surface area contributed by atoms with Gasteiger partial charge < -0.3 is 14.3 Å². The Balaban J connectivity index is 1.50. The van der Waals surface area contributed by atoms with Crippen molar-refractivity contribution in [2.24, 2.45) is 0 Å². The number of aromatic nitrogens is 3. The first-order valence-electron chi connectivity index (χ1n) is 8.53. The Bertz CT molecular complexity index is 1070. The number of thioether (sulfide) groups is 1. The van der Waals surface area contributed by atoms with Gasteiger partial charge in [-0.2, -0.15) is 0 Å². The van der Waals surface area contributed by atoms with Crippen molar-refractivity contribution < 1.29 is 9.21 Å². The van der Waals surface area contributed by atoms with E-state index in [1.807, 2.05) is 67.7 Å². The van der Waals surface area contributed by atoms with Gasteiger partial charge in [0.25, 0.3) is 11.1 Å². The van der Waals surface area contributed by atoms with E-state index in [1.165, 1.54) is 11.8 Å². The first kappa shape index (κ1) is 17.4. The molecule has 0 unspecified atom stereocenters. The zero-order chi connectivity index (χ0) is 18.8. The number of rotatable bonds is 5. The van der Waals surface area contributed by atoms with E-state index in [4.69, 9.17) is 4.42 Å². The van der Waals surface area contributed by atoms with Crippen LogP contribution in [-0.4, -0.2) is 33.4 Å². The standard InChI is InChI=1S/C20H18N4O2S/c1-13(19(25)24(2)14-8-4-3-5-9-14)27-20-23-22-18(26-20)16-12-21-17-11-7-6-10-15(16)17/h3-13,21H,1-2H3/t13-/m0/s1. The quantitative estimate of drug-likeness (QED) is 0.522. The number of hydrogen-bond acceptors (Lipinski definition) is 5. The van der Waals surface area contributed by atoms with Gasteiger partial charge in [-0.15, -0.1) is 10.2 Å². The highest BCUT2D eigenvalue weighted by molar-refractivity contribution is 8.00. The minimum atomic E-state index is -0.355. The number of fused-ring (bicyclic) bond motifs is 1. The first-order valence-corrected chi connectivity index (χ1v) is 9.40. The van der Waals surface area contributed by atoms with E-state index < -0.39 is 0 Å². The Morgan fingerprint density at radius 3 is 2.67 bits per heavy atom. The lowest BCUT2D eigenvalue weighted by atomic mass is 10.2. The van der Waals surface area contributed by atoms with E-state index in [0.717, 1.165) is 22.2 Å². The normalized spacial score (nSPS) is 12.2. The Kier molecular flexibility index (Phi) is 4.68. The summed E-state index contributed by atoms with van der Waals surface area (Å²) < 4.78 is 5.79. The van der Waals surface area contributed by atoms with Crippen molar-refractivity contribution >= 4 is 34.3 Å². The van der Waals surface area contributed by atoms with Crippen LogP contribution in [0.5, 0.6) is 0 Å². The number of amides is 1. The Hall–Kier alpha value is -3.06. The summed E-state index contributed by atoms with van der Waals surface area (Å²) in [6.07, 6.45) is 1.85. The molecule has 7 heteroatoms. The molecule has 0 fully saturated rings. The Morgan fingerprint density at radius 1 is 1.11 bits per heavy atom. The summed E-state index contributed by atoms with van der Waals surface area (Å²) >= 11 is 1.26. The van der Waals surface area contributed by atoms with Crippen molar-refractivity contribution in [3.63, 3.8) is 0 Å². The van der Waals surface area contributed by atoms with Crippen molar-refractivity contribution in [2.75, 3.05) is 11.9 Å². The molecule has 27 heavy (non-hydrogen) atoms. The molecule has 0 saturated heterocycles. The third kappa shape index (κ3) is 3.46. The van der Waals surface area contributed by atoms with Gasteiger partial charge in [-0.05, 0) is 25.1 Å². The fourth-order valence-electron chi connectivity index (χ4n) is 2.87. The maximum absolute atomic E-state index is 12.7. The van der Waals surface area contributed by atoms with Crippen molar-refractivity contribution in [3.05, 3.63) is 60.8 Å². The smallest absolute Gasteiger partial charge is 0.277 e. The van der Waals surface area contributed by atoms with Crippen LogP contribution in [0.4, 0.5) is 5.69 Å². The highest BCUT2D eigenvalue weighted by Crippen LogP contribution is 2.31. The number of carbonyl (C=O) groups is 1. The lowest BCUT2D eigenvalue weighted by Crippen LogP contribution is -2.33. The molecule has 1 N–H and O–H groups in total. The SMILES string of the molecule is C[C@H](Sc1nnc(-c2c[nH]c3ccccc23)o1)C(=O)N(C)c1ccccc1. The summed E-state index contributed by atoms with van der Waals surface area (Å²) in [6.45, 7) is 1.84. The topological polar surface area (TPSA) is 75.0 Å². The number of aromatic amines is 1. The molecule has 0 spiro atoms. The molecule has 1 amide bonds. The molecule has 136 valence electrons. The van der Waals surface area contributed by atoms with Gasteiger partial charge in [0.15, 0.2) is 0 Å². The molecule has 2 aromatic heterocycles. The molecule has 2 heterocycles. The molecule has 1 atom stereocenters. The average molecular weight is 378 g/mol. The van der Waals surface area contributed by atoms with Crippen LogP contribution < -0.4 is 4.90 Å². The van der Waals surface area contributed by atoms with Crippen LogP contribution in [0.25, 0.3) is 22.4 Å². The predicted octanol–water partition coefficient (Wildman–Crippen LogP) is 4.36. The van der Waals surface area contributed by atoms with Gasteiger partial charge in [0.2, 0.25) is 5.91 Å². The van der Waals surface area contributed by atoms with E-state index in [-0.39, 0.29) is 11.2 Å². The highest BCUT2D eigenvalue weighted by Gasteiger charge is 2.23. The minimum absolute atomic E-state index is 0.0296. The van der Waals surface area contributed by atoms with Gasteiger partial charge >= 0.3 is 0 Å². The molecular formula is C20H18N4O2S.